The number of nitrogens with two attached hydrogens (primary N) is 1. The zero-order valence-electron chi connectivity index (χ0n) is 8.19. The average molecular weight is 254 g/mol. The fourth-order valence-electron chi connectivity index (χ4n) is 1.12. The van der Waals surface area contributed by atoms with Gasteiger partial charge < -0.3 is 0 Å². The van der Waals surface area contributed by atoms with Crippen LogP contribution in [-0.4, -0.2) is 19.6 Å². The highest BCUT2D eigenvalue weighted by molar-refractivity contribution is 7.89. The van der Waals surface area contributed by atoms with Gasteiger partial charge in [-0.3, -0.25) is 4.98 Å². The molecule has 0 fully saturated rings. The van der Waals surface area contributed by atoms with Crippen LogP contribution in [0.4, 0.5) is 13.2 Å². The molecule has 1 rings (SSSR count). The SMILES string of the molecule is CC(c1ncccc1S(N)(=O)=O)C(F)(F)F. The van der Waals surface area contributed by atoms with Crippen molar-refractivity contribution in [1.29, 1.82) is 0 Å². The molecule has 0 amide bonds. The number of alkyl halides is 3. The predicted molar refractivity (Wildman–Crippen MR) is 50.1 cm³/mol. The van der Waals surface area contributed by atoms with E-state index < -0.39 is 32.7 Å². The molecule has 0 saturated heterocycles. The minimum atomic E-state index is -4.56. The maximum atomic E-state index is 12.4. The van der Waals surface area contributed by atoms with E-state index in [1.165, 1.54) is 6.07 Å². The first-order chi connectivity index (χ1) is 7.14. The van der Waals surface area contributed by atoms with Crippen molar-refractivity contribution in [3.05, 3.63) is 24.0 Å². The Bertz CT molecular complexity index is 484. The average Bonchev–Trinajstić information content (AvgIpc) is 2.14. The highest BCUT2D eigenvalue weighted by atomic mass is 32.2. The summed E-state index contributed by atoms with van der Waals surface area (Å²) in [7, 11) is -4.20. The Balaban J connectivity index is 3.36. The van der Waals surface area contributed by atoms with Crippen molar-refractivity contribution < 1.29 is 21.6 Å². The molecule has 1 unspecified atom stereocenters. The number of aromatic nitrogens is 1. The van der Waals surface area contributed by atoms with Gasteiger partial charge >= 0.3 is 6.18 Å². The quantitative estimate of drug-likeness (QED) is 0.866. The summed E-state index contributed by atoms with van der Waals surface area (Å²) < 4.78 is 59.4. The van der Waals surface area contributed by atoms with Gasteiger partial charge in [0.1, 0.15) is 4.90 Å². The summed E-state index contributed by atoms with van der Waals surface area (Å²) in [6, 6.07) is 2.21. The van der Waals surface area contributed by atoms with Crippen LogP contribution in [0.25, 0.3) is 0 Å². The van der Waals surface area contributed by atoms with E-state index in [1.807, 2.05) is 0 Å². The van der Waals surface area contributed by atoms with E-state index in [0.717, 1.165) is 19.2 Å². The molecule has 4 nitrogen and oxygen atoms in total. The molecule has 90 valence electrons. The van der Waals surface area contributed by atoms with Crippen LogP contribution in [0.15, 0.2) is 23.2 Å². The maximum Gasteiger partial charge on any atom is 0.397 e. The molecule has 0 aliphatic carbocycles. The van der Waals surface area contributed by atoms with E-state index in [4.69, 9.17) is 5.14 Å². The van der Waals surface area contributed by atoms with Crippen LogP contribution in [0.3, 0.4) is 0 Å². The Hall–Kier alpha value is -1.15. The fraction of sp³-hybridized carbons (Fsp3) is 0.375. The van der Waals surface area contributed by atoms with Gasteiger partial charge in [0.2, 0.25) is 10.0 Å². The lowest BCUT2D eigenvalue weighted by Crippen LogP contribution is -2.23. The van der Waals surface area contributed by atoms with E-state index in [-0.39, 0.29) is 0 Å². The molecule has 0 aromatic carbocycles. The molecule has 0 aliphatic rings. The maximum absolute atomic E-state index is 12.4. The standard InChI is InChI=1S/C8H9F3N2O2S/c1-5(8(9,10)11)7-6(16(12,14)15)3-2-4-13-7/h2-5H,1H3,(H2,12,14,15). The first-order valence-electron chi connectivity index (χ1n) is 4.18. The number of hydrogen-bond donors (Lipinski definition) is 1. The van der Waals surface area contributed by atoms with Crippen molar-refractivity contribution in [2.45, 2.75) is 23.9 Å². The number of rotatable bonds is 2. The molecule has 16 heavy (non-hydrogen) atoms. The Labute approximate surface area is 90.3 Å². The fourth-order valence-corrected chi connectivity index (χ4v) is 1.91. The number of sulfonamides is 1. The lowest BCUT2D eigenvalue weighted by Gasteiger charge is -2.16. The summed E-state index contributed by atoms with van der Waals surface area (Å²) in [6.07, 6.45) is -3.47. The number of primary sulfonamides is 1. The lowest BCUT2D eigenvalue weighted by molar-refractivity contribution is -0.147. The number of nitrogens with zero attached hydrogens (tertiary/aromatic N) is 1. The summed E-state index contributed by atoms with van der Waals surface area (Å²) in [5, 5.41) is 4.80. The largest absolute Gasteiger partial charge is 0.397 e. The zero-order valence-corrected chi connectivity index (χ0v) is 9.01. The zero-order chi connectivity index (χ0) is 12.6. The minimum Gasteiger partial charge on any atom is -0.259 e. The second-order valence-corrected chi connectivity index (χ2v) is 4.72. The molecule has 1 atom stereocenters. The van der Waals surface area contributed by atoms with Gasteiger partial charge in [-0.2, -0.15) is 13.2 Å². The van der Waals surface area contributed by atoms with Gasteiger partial charge in [-0.25, -0.2) is 13.6 Å². The molecule has 0 radical (unpaired) electrons. The van der Waals surface area contributed by atoms with Gasteiger partial charge in [0.05, 0.1) is 11.6 Å². The van der Waals surface area contributed by atoms with Crippen LogP contribution in [0.5, 0.6) is 0 Å². The number of halogens is 3. The molecule has 2 N–H and O–H groups in total. The van der Waals surface area contributed by atoms with E-state index in [2.05, 4.69) is 4.98 Å². The smallest absolute Gasteiger partial charge is 0.259 e. The molecule has 0 saturated carbocycles. The van der Waals surface area contributed by atoms with Crippen LogP contribution < -0.4 is 5.14 Å². The van der Waals surface area contributed by atoms with E-state index in [0.29, 0.717) is 0 Å². The molecule has 8 heteroatoms. The van der Waals surface area contributed by atoms with Crippen LogP contribution in [0.2, 0.25) is 0 Å². The molecular weight excluding hydrogens is 245 g/mol. The van der Waals surface area contributed by atoms with Crippen LogP contribution in [0.1, 0.15) is 18.5 Å². The Morgan fingerprint density at radius 3 is 2.44 bits per heavy atom. The molecular formula is C8H9F3N2O2S. The summed E-state index contributed by atoms with van der Waals surface area (Å²) in [5.74, 6) is -1.98. The second kappa shape index (κ2) is 4.02. The Morgan fingerprint density at radius 2 is 2.00 bits per heavy atom. The molecule has 0 aliphatic heterocycles. The number of pyridine rings is 1. The molecule has 1 heterocycles. The molecule has 0 spiro atoms. The lowest BCUT2D eigenvalue weighted by atomic mass is 10.1. The predicted octanol–water partition coefficient (Wildman–Crippen LogP) is 1.39. The van der Waals surface area contributed by atoms with Crippen molar-refractivity contribution in [3.8, 4) is 0 Å². The summed E-state index contributed by atoms with van der Waals surface area (Å²) in [4.78, 5) is 2.83. The molecule has 0 bridgehead atoms. The monoisotopic (exact) mass is 254 g/mol. The first kappa shape index (κ1) is 12.9. The van der Waals surface area contributed by atoms with E-state index in [1.54, 1.807) is 0 Å². The topological polar surface area (TPSA) is 73.0 Å². The van der Waals surface area contributed by atoms with E-state index in [9.17, 15) is 21.6 Å². The van der Waals surface area contributed by atoms with E-state index >= 15 is 0 Å². The first-order valence-corrected chi connectivity index (χ1v) is 5.73. The third kappa shape index (κ3) is 2.70. The van der Waals surface area contributed by atoms with Gasteiger partial charge in [0.25, 0.3) is 0 Å². The highest BCUT2D eigenvalue weighted by Gasteiger charge is 2.40. The minimum absolute atomic E-state index is 0.586. The van der Waals surface area contributed by atoms with Crippen LogP contribution in [-0.2, 0) is 10.0 Å². The molecule has 1 aromatic heterocycles. The summed E-state index contributed by atoms with van der Waals surface area (Å²) in [5.41, 5.74) is -0.586. The van der Waals surface area contributed by atoms with Gasteiger partial charge in [-0.15, -0.1) is 0 Å². The Morgan fingerprint density at radius 1 is 1.44 bits per heavy atom. The highest BCUT2D eigenvalue weighted by Crippen LogP contribution is 2.35. The second-order valence-electron chi connectivity index (χ2n) is 3.20. The number of hydrogen-bond acceptors (Lipinski definition) is 3. The van der Waals surface area contributed by atoms with Crippen molar-refractivity contribution in [1.82, 2.24) is 4.98 Å². The summed E-state index contributed by atoms with van der Waals surface area (Å²) >= 11 is 0. The van der Waals surface area contributed by atoms with Crippen molar-refractivity contribution in [3.63, 3.8) is 0 Å². The van der Waals surface area contributed by atoms with Crippen molar-refractivity contribution in [2.75, 3.05) is 0 Å². The third-order valence-electron chi connectivity index (χ3n) is 2.01. The van der Waals surface area contributed by atoms with Crippen LogP contribution in [0, 0.1) is 0 Å². The Kier molecular flexibility index (Phi) is 3.25. The van der Waals surface area contributed by atoms with Gasteiger partial charge in [-0.05, 0) is 19.1 Å². The van der Waals surface area contributed by atoms with Gasteiger partial charge in [0, 0.05) is 6.20 Å². The van der Waals surface area contributed by atoms with Crippen LogP contribution >= 0.6 is 0 Å². The van der Waals surface area contributed by atoms with Gasteiger partial charge in [-0.1, -0.05) is 0 Å². The summed E-state index contributed by atoms with van der Waals surface area (Å²) in [6.45, 7) is 0.830. The van der Waals surface area contributed by atoms with Gasteiger partial charge in [0.15, 0.2) is 0 Å². The normalized spacial score (nSPS) is 14.8. The molecule has 1 aromatic rings. The van der Waals surface area contributed by atoms with Crippen molar-refractivity contribution in [2.24, 2.45) is 5.14 Å². The van der Waals surface area contributed by atoms with Crippen molar-refractivity contribution >= 4 is 10.0 Å². The third-order valence-corrected chi connectivity index (χ3v) is 2.97.